The molecule has 6 heteroatoms. The second-order valence-corrected chi connectivity index (χ2v) is 5.49. The lowest BCUT2D eigenvalue weighted by Crippen LogP contribution is -2.32. The van der Waals surface area contributed by atoms with Gasteiger partial charge in [-0.05, 0) is 26.3 Å². The maximum absolute atomic E-state index is 9.06. The quantitative estimate of drug-likeness (QED) is 0.819. The first-order valence-corrected chi connectivity index (χ1v) is 7.90. The van der Waals surface area contributed by atoms with E-state index in [0.717, 1.165) is 69.6 Å². The van der Waals surface area contributed by atoms with Crippen molar-refractivity contribution in [3.63, 3.8) is 0 Å². The summed E-state index contributed by atoms with van der Waals surface area (Å²) in [6.07, 6.45) is 2.18. The molecule has 2 rings (SSSR count). The molecule has 0 amide bonds. The number of nitrogens with zero attached hydrogens (tertiary/aromatic N) is 4. The number of β-amino-alcohol motifs (C(OH)–C–C–N with tert-alkyl or cyclic N) is 1. The second kappa shape index (κ2) is 8.14. The van der Waals surface area contributed by atoms with Crippen LogP contribution in [-0.4, -0.2) is 65.8 Å². The average Bonchev–Trinajstić information content (AvgIpc) is 2.71. The zero-order valence-electron chi connectivity index (χ0n) is 13.2. The number of aliphatic hydroxyl groups is 1. The van der Waals surface area contributed by atoms with Gasteiger partial charge in [-0.25, -0.2) is 9.97 Å². The first-order chi connectivity index (χ1) is 10.2. The molecule has 0 aromatic carbocycles. The van der Waals surface area contributed by atoms with Crippen molar-refractivity contribution < 1.29 is 5.11 Å². The fourth-order valence-electron chi connectivity index (χ4n) is 2.62. The molecule has 0 spiro atoms. The lowest BCUT2D eigenvalue weighted by atomic mass is 10.3. The highest BCUT2D eigenvalue weighted by atomic mass is 16.3. The summed E-state index contributed by atoms with van der Waals surface area (Å²) >= 11 is 0. The van der Waals surface area contributed by atoms with Gasteiger partial charge in [-0.1, -0.05) is 6.92 Å². The molecule has 21 heavy (non-hydrogen) atoms. The van der Waals surface area contributed by atoms with Crippen molar-refractivity contribution in [2.45, 2.75) is 26.7 Å². The highest BCUT2D eigenvalue weighted by Crippen LogP contribution is 2.17. The molecule has 0 aliphatic carbocycles. The van der Waals surface area contributed by atoms with Crippen molar-refractivity contribution in [3.05, 3.63) is 11.9 Å². The van der Waals surface area contributed by atoms with E-state index in [2.05, 4.69) is 32.0 Å². The summed E-state index contributed by atoms with van der Waals surface area (Å²) in [7, 11) is 0. The zero-order valence-corrected chi connectivity index (χ0v) is 13.2. The summed E-state index contributed by atoms with van der Waals surface area (Å²) in [6, 6.07) is 2.05. The maximum atomic E-state index is 9.06. The zero-order chi connectivity index (χ0) is 15.1. The summed E-state index contributed by atoms with van der Waals surface area (Å²) in [5, 5.41) is 12.4. The Morgan fingerprint density at radius 3 is 2.86 bits per heavy atom. The van der Waals surface area contributed by atoms with Crippen molar-refractivity contribution in [1.29, 1.82) is 0 Å². The third kappa shape index (κ3) is 4.82. The summed E-state index contributed by atoms with van der Waals surface area (Å²) in [4.78, 5) is 13.7. The Balaban J connectivity index is 2.04. The number of aliphatic hydroxyl groups excluding tert-OH is 1. The molecule has 1 fully saturated rings. The van der Waals surface area contributed by atoms with Gasteiger partial charge in [-0.2, -0.15) is 0 Å². The summed E-state index contributed by atoms with van der Waals surface area (Å²) in [5.41, 5.74) is 0. The van der Waals surface area contributed by atoms with Crippen molar-refractivity contribution in [2.24, 2.45) is 0 Å². The Morgan fingerprint density at radius 2 is 2.10 bits per heavy atom. The number of aromatic nitrogens is 2. The summed E-state index contributed by atoms with van der Waals surface area (Å²) < 4.78 is 0. The molecular weight excluding hydrogens is 266 g/mol. The van der Waals surface area contributed by atoms with Crippen molar-refractivity contribution in [3.8, 4) is 0 Å². The number of aryl methyl sites for hydroxylation is 1. The van der Waals surface area contributed by atoms with Gasteiger partial charge >= 0.3 is 0 Å². The highest BCUT2D eigenvalue weighted by molar-refractivity contribution is 5.49. The van der Waals surface area contributed by atoms with Gasteiger partial charge in [-0.15, -0.1) is 0 Å². The standard InChI is InChI=1S/C15H27N5O/c1-3-5-16-14-12-15(18-13(2)17-14)20-7-4-6-19(8-9-20)10-11-21/h12,21H,3-11H2,1-2H3,(H,16,17,18). The van der Waals surface area contributed by atoms with E-state index in [-0.39, 0.29) is 6.61 Å². The lowest BCUT2D eigenvalue weighted by Gasteiger charge is -2.23. The van der Waals surface area contributed by atoms with Gasteiger partial charge < -0.3 is 15.3 Å². The minimum absolute atomic E-state index is 0.234. The van der Waals surface area contributed by atoms with Crippen LogP contribution in [0.2, 0.25) is 0 Å². The molecule has 1 saturated heterocycles. The highest BCUT2D eigenvalue weighted by Gasteiger charge is 2.16. The van der Waals surface area contributed by atoms with Gasteiger partial charge in [-0.3, -0.25) is 4.90 Å². The molecular formula is C15H27N5O. The van der Waals surface area contributed by atoms with E-state index in [9.17, 15) is 0 Å². The first-order valence-electron chi connectivity index (χ1n) is 7.90. The van der Waals surface area contributed by atoms with Crippen LogP contribution in [0.5, 0.6) is 0 Å². The fourth-order valence-corrected chi connectivity index (χ4v) is 2.62. The minimum Gasteiger partial charge on any atom is -0.395 e. The van der Waals surface area contributed by atoms with E-state index in [4.69, 9.17) is 5.11 Å². The van der Waals surface area contributed by atoms with Crippen LogP contribution in [0.3, 0.4) is 0 Å². The minimum atomic E-state index is 0.234. The largest absolute Gasteiger partial charge is 0.395 e. The molecule has 6 nitrogen and oxygen atoms in total. The molecule has 0 unspecified atom stereocenters. The van der Waals surface area contributed by atoms with Crippen LogP contribution in [0.15, 0.2) is 6.07 Å². The number of anilines is 2. The van der Waals surface area contributed by atoms with E-state index in [1.807, 2.05) is 13.0 Å². The Morgan fingerprint density at radius 1 is 1.24 bits per heavy atom. The number of hydrogen-bond acceptors (Lipinski definition) is 6. The first kappa shape index (κ1) is 16.0. The van der Waals surface area contributed by atoms with Gasteiger partial charge in [0.2, 0.25) is 0 Å². The monoisotopic (exact) mass is 293 g/mol. The molecule has 0 bridgehead atoms. The predicted octanol–water partition coefficient (Wildman–Crippen LogP) is 1.11. The molecule has 2 N–H and O–H groups in total. The van der Waals surface area contributed by atoms with Gasteiger partial charge in [0.05, 0.1) is 6.61 Å². The van der Waals surface area contributed by atoms with Gasteiger partial charge in [0.1, 0.15) is 17.5 Å². The van der Waals surface area contributed by atoms with Crippen LogP contribution < -0.4 is 10.2 Å². The Hall–Kier alpha value is -1.40. The second-order valence-electron chi connectivity index (χ2n) is 5.49. The Labute approximate surface area is 127 Å². The number of hydrogen-bond donors (Lipinski definition) is 2. The molecule has 0 saturated carbocycles. The third-order valence-corrected chi connectivity index (χ3v) is 3.71. The normalized spacial score (nSPS) is 16.8. The summed E-state index contributed by atoms with van der Waals surface area (Å²) in [6.45, 7) is 9.99. The topological polar surface area (TPSA) is 64.5 Å². The van der Waals surface area contributed by atoms with Crippen LogP contribution in [-0.2, 0) is 0 Å². The third-order valence-electron chi connectivity index (χ3n) is 3.71. The van der Waals surface area contributed by atoms with E-state index in [0.29, 0.717) is 0 Å². The molecule has 2 heterocycles. The Bertz CT molecular complexity index is 440. The van der Waals surface area contributed by atoms with Crippen LogP contribution in [0.25, 0.3) is 0 Å². The van der Waals surface area contributed by atoms with Crippen LogP contribution in [0.4, 0.5) is 11.6 Å². The SMILES string of the molecule is CCCNc1cc(N2CCCN(CCO)CC2)nc(C)n1. The molecule has 1 aliphatic rings. The lowest BCUT2D eigenvalue weighted by molar-refractivity contribution is 0.204. The predicted molar refractivity (Wildman–Crippen MR) is 85.9 cm³/mol. The average molecular weight is 293 g/mol. The molecule has 1 aliphatic heterocycles. The summed E-state index contributed by atoms with van der Waals surface area (Å²) in [5.74, 6) is 2.73. The fraction of sp³-hybridized carbons (Fsp3) is 0.733. The molecule has 0 atom stereocenters. The molecule has 1 aromatic heterocycles. The Kier molecular flexibility index (Phi) is 6.20. The van der Waals surface area contributed by atoms with Gasteiger partial charge in [0, 0.05) is 38.8 Å². The maximum Gasteiger partial charge on any atom is 0.134 e. The smallest absolute Gasteiger partial charge is 0.134 e. The van der Waals surface area contributed by atoms with Gasteiger partial charge in [0.25, 0.3) is 0 Å². The van der Waals surface area contributed by atoms with E-state index < -0.39 is 0 Å². The van der Waals surface area contributed by atoms with Crippen LogP contribution in [0, 0.1) is 6.92 Å². The van der Waals surface area contributed by atoms with Crippen LogP contribution in [0.1, 0.15) is 25.6 Å². The van der Waals surface area contributed by atoms with Gasteiger partial charge in [0.15, 0.2) is 0 Å². The van der Waals surface area contributed by atoms with Crippen LogP contribution >= 0.6 is 0 Å². The van der Waals surface area contributed by atoms with E-state index in [1.54, 1.807) is 0 Å². The van der Waals surface area contributed by atoms with Crippen molar-refractivity contribution >= 4 is 11.6 Å². The van der Waals surface area contributed by atoms with Crippen molar-refractivity contribution in [1.82, 2.24) is 14.9 Å². The number of rotatable bonds is 6. The van der Waals surface area contributed by atoms with Crippen molar-refractivity contribution in [2.75, 3.05) is 56.1 Å². The molecule has 1 aromatic rings. The molecule has 0 radical (unpaired) electrons. The van der Waals surface area contributed by atoms with E-state index in [1.165, 1.54) is 0 Å². The van der Waals surface area contributed by atoms with E-state index >= 15 is 0 Å². The number of nitrogens with one attached hydrogen (secondary N) is 1. The molecule has 118 valence electrons.